The number of benzene rings is 2. The van der Waals surface area contributed by atoms with Gasteiger partial charge in [-0.3, -0.25) is 9.59 Å². The molecule has 5 N–H and O–H groups in total. The molecule has 2 aromatic carbocycles. The highest BCUT2D eigenvalue weighted by Crippen LogP contribution is 2.51. The average molecular weight is 406 g/mol. The summed E-state index contributed by atoms with van der Waals surface area (Å²) in [6.45, 7) is 0. The lowest BCUT2D eigenvalue weighted by molar-refractivity contribution is -0.268. The Bertz CT molecular complexity index is 1000. The van der Waals surface area contributed by atoms with Crippen molar-refractivity contribution in [1.29, 1.82) is 0 Å². The van der Waals surface area contributed by atoms with Crippen LogP contribution in [0.3, 0.4) is 0 Å². The second-order valence-corrected chi connectivity index (χ2v) is 6.41. The molecular weight excluding hydrogens is 388 g/mol. The van der Waals surface area contributed by atoms with E-state index in [4.69, 9.17) is 9.47 Å². The maximum absolute atomic E-state index is 13.3. The van der Waals surface area contributed by atoms with Gasteiger partial charge in [0.25, 0.3) is 5.79 Å². The van der Waals surface area contributed by atoms with E-state index in [9.17, 15) is 35.1 Å². The van der Waals surface area contributed by atoms with Crippen LogP contribution in [0.4, 0.5) is 0 Å². The van der Waals surface area contributed by atoms with E-state index in [1.165, 1.54) is 6.07 Å². The van der Waals surface area contributed by atoms with E-state index in [2.05, 4.69) is 4.74 Å². The van der Waals surface area contributed by atoms with E-state index >= 15 is 0 Å². The van der Waals surface area contributed by atoms with Gasteiger partial charge in [-0.25, -0.2) is 0 Å². The fraction of sp³-hybridized carbons (Fsp3) is 0.263. The topological polar surface area (TPSA) is 163 Å². The zero-order chi connectivity index (χ0) is 21.6. The van der Waals surface area contributed by atoms with E-state index in [1.807, 2.05) is 0 Å². The summed E-state index contributed by atoms with van der Waals surface area (Å²) in [5, 5.41) is 50.8. The first-order chi connectivity index (χ1) is 13.6. The predicted octanol–water partition coefficient (Wildman–Crippen LogP) is 0.878. The second-order valence-electron chi connectivity index (χ2n) is 6.41. The number of esters is 1. The van der Waals surface area contributed by atoms with E-state index in [0.717, 1.165) is 38.5 Å². The molecule has 0 fully saturated rings. The lowest BCUT2D eigenvalue weighted by Crippen LogP contribution is -2.64. The molecule has 1 aliphatic rings. The van der Waals surface area contributed by atoms with Gasteiger partial charge in [-0.1, -0.05) is 0 Å². The van der Waals surface area contributed by atoms with Crippen LogP contribution >= 0.6 is 0 Å². The number of aromatic hydroxyl groups is 4. The van der Waals surface area contributed by atoms with Gasteiger partial charge < -0.3 is 39.7 Å². The summed E-state index contributed by atoms with van der Waals surface area (Å²) in [4.78, 5) is 25.3. The molecule has 29 heavy (non-hydrogen) atoms. The van der Waals surface area contributed by atoms with E-state index < -0.39 is 58.1 Å². The molecule has 10 heteroatoms. The van der Waals surface area contributed by atoms with Gasteiger partial charge in [-0.05, 0) is 18.2 Å². The minimum absolute atomic E-state index is 0.136. The van der Waals surface area contributed by atoms with Gasteiger partial charge >= 0.3 is 5.97 Å². The largest absolute Gasteiger partial charge is 0.508 e. The fourth-order valence-electron chi connectivity index (χ4n) is 3.32. The Kier molecular flexibility index (Phi) is 4.77. The van der Waals surface area contributed by atoms with Gasteiger partial charge in [0.05, 0.1) is 13.5 Å². The van der Waals surface area contributed by atoms with Crippen molar-refractivity contribution in [3.63, 3.8) is 0 Å². The second kappa shape index (κ2) is 6.83. The molecule has 0 aromatic heterocycles. The summed E-state index contributed by atoms with van der Waals surface area (Å²) < 4.78 is 15.7. The van der Waals surface area contributed by atoms with E-state index in [1.54, 1.807) is 0 Å². The Morgan fingerprint density at radius 1 is 1.03 bits per heavy atom. The normalized spacial score (nSPS) is 23.2. The molecule has 1 aliphatic heterocycles. The summed E-state index contributed by atoms with van der Waals surface area (Å²) in [7, 11) is 2.12. The molecule has 0 saturated heterocycles. The third-order valence-electron chi connectivity index (χ3n) is 4.74. The first-order valence-electron chi connectivity index (χ1n) is 8.26. The van der Waals surface area contributed by atoms with Crippen LogP contribution in [0.15, 0.2) is 30.3 Å². The predicted molar refractivity (Wildman–Crippen MR) is 94.8 cm³/mol. The van der Waals surface area contributed by atoms with Gasteiger partial charge in [-0.2, -0.15) is 0 Å². The maximum Gasteiger partial charge on any atom is 0.309 e. The summed E-state index contributed by atoms with van der Waals surface area (Å²) in [5.41, 5.74) is -3.37. The summed E-state index contributed by atoms with van der Waals surface area (Å²) in [6.07, 6.45) is -0.933. The first-order valence-corrected chi connectivity index (χ1v) is 8.26. The van der Waals surface area contributed by atoms with Gasteiger partial charge in [0.15, 0.2) is 11.5 Å². The summed E-state index contributed by atoms with van der Waals surface area (Å²) >= 11 is 0. The van der Waals surface area contributed by atoms with Gasteiger partial charge in [0.1, 0.15) is 22.8 Å². The molecular formula is C19H18O10. The lowest BCUT2D eigenvalue weighted by atomic mass is 9.76. The Morgan fingerprint density at radius 2 is 1.72 bits per heavy atom. The van der Waals surface area contributed by atoms with Crippen molar-refractivity contribution in [2.45, 2.75) is 17.8 Å². The minimum atomic E-state index is -2.75. The molecule has 0 spiro atoms. The van der Waals surface area contributed by atoms with Crippen molar-refractivity contribution in [1.82, 2.24) is 0 Å². The van der Waals surface area contributed by atoms with Crippen LogP contribution < -0.4 is 4.74 Å². The number of hydrogen-bond acceptors (Lipinski definition) is 10. The Morgan fingerprint density at radius 3 is 2.31 bits per heavy atom. The first kappa shape index (κ1) is 20.2. The van der Waals surface area contributed by atoms with Crippen LogP contribution in [0.2, 0.25) is 0 Å². The smallest absolute Gasteiger partial charge is 0.309 e. The van der Waals surface area contributed by atoms with Crippen LogP contribution in [-0.2, 0) is 20.1 Å². The maximum atomic E-state index is 13.3. The van der Waals surface area contributed by atoms with Crippen molar-refractivity contribution in [3.05, 3.63) is 41.5 Å². The molecule has 2 aromatic rings. The zero-order valence-corrected chi connectivity index (χ0v) is 15.4. The van der Waals surface area contributed by atoms with Crippen LogP contribution in [0, 0.1) is 0 Å². The summed E-state index contributed by atoms with van der Waals surface area (Å²) in [5.74, 6) is -7.11. The lowest BCUT2D eigenvalue weighted by Gasteiger charge is -2.47. The van der Waals surface area contributed by atoms with Crippen LogP contribution in [0.1, 0.15) is 22.3 Å². The van der Waals surface area contributed by atoms with Crippen LogP contribution in [0.5, 0.6) is 28.7 Å². The number of carbonyl (C=O) groups excluding carboxylic acids is 2. The Balaban J connectivity index is 2.34. The SMILES string of the molecule is COC(=O)C[C@@]1(O)C(=O)c2c(O)cc(O)cc2O[C@]1(OC)c1ccc(O)c(O)c1. The number of ether oxygens (including phenoxy) is 3. The van der Waals surface area contributed by atoms with E-state index in [-0.39, 0.29) is 11.3 Å². The standard InChI is InChI=1S/C19H18O10/c1-27-15(24)8-18(26)17(25)16-13(23)6-10(20)7-14(16)29-19(18,28-2)9-3-4-11(21)12(22)5-9/h3-7,20-23,26H,8H2,1-2H3/t18-,19-/m1/s1. The van der Waals surface area contributed by atoms with Crippen molar-refractivity contribution < 1.29 is 49.3 Å². The number of carbonyl (C=O) groups is 2. The molecule has 0 unspecified atom stereocenters. The van der Waals surface area contributed by atoms with Crippen molar-refractivity contribution in [2.24, 2.45) is 0 Å². The number of aliphatic hydroxyl groups is 1. The summed E-state index contributed by atoms with van der Waals surface area (Å²) in [6, 6.07) is 5.11. The van der Waals surface area contributed by atoms with Gasteiger partial charge in [0, 0.05) is 24.8 Å². The molecule has 154 valence electrons. The Labute approximate surface area is 164 Å². The molecule has 0 aliphatic carbocycles. The average Bonchev–Trinajstić information content (AvgIpc) is 2.66. The molecule has 0 amide bonds. The molecule has 10 nitrogen and oxygen atoms in total. The van der Waals surface area contributed by atoms with Gasteiger partial charge in [0.2, 0.25) is 11.4 Å². The zero-order valence-electron chi connectivity index (χ0n) is 15.4. The van der Waals surface area contributed by atoms with Crippen molar-refractivity contribution in [2.75, 3.05) is 14.2 Å². The third-order valence-corrected chi connectivity index (χ3v) is 4.74. The third kappa shape index (κ3) is 2.89. The molecule has 1 heterocycles. The van der Waals surface area contributed by atoms with Crippen molar-refractivity contribution >= 4 is 11.8 Å². The number of phenols is 4. The highest BCUT2D eigenvalue weighted by Gasteiger charge is 2.65. The number of phenolic OH excluding ortho intramolecular Hbond substituents is 4. The highest BCUT2D eigenvalue weighted by molar-refractivity contribution is 6.10. The molecule has 3 rings (SSSR count). The number of ketones is 1. The van der Waals surface area contributed by atoms with Crippen LogP contribution in [0.25, 0.3) is 0 Å². The van der Waals surface area contributed by atoms with Gasteiger partial charge in [-0.15, -0.1) is 0 Å². The number of fused-ring (bicyclic) bond motifs is 1. The highest BCUT2D eigenvalue weighted by atomic mass is 16.7. The molecule has 0 radical (unpaired) electrons. The van der Waals surface area contributed by atoms with E-state index in [0.29, 0.717) is 0 Å². The molecule has 0 saturated carbocycles. The molecule has 2 atom stereocenters. The number of hydrogen-bond donors (Lipinski definition) is 5. The number of methoxy groups -OCH3 is 2. The monoisotopic (exact) mass is 406 g/mol. The molecule has 0 bridgehead atoms. The number of Topliss-reactive ketones (excluding diaryl/α,β-unsaturated/α-hetero) is 1. The van der Waals surface area contributed by atoms with Crippen LogP contribution in [-0.4, -0.2) is 57.1 Å². The Hall–Kier alpha value is -3.50. The quantitative estimate of drug-likeness (QED) is 0.364. The minimum Gasteiger partial charge on any atom is -0.508 e. The van der Waals surface area contributed by atoms with Crippen molar-refractivity contribution in [3.8, 4) is 28.7 Å². The fourth-order valence-corrected chi connectivity index (χ4v) is 3.32. The number of rotatable bonds is 4.